The Hall–Kier alpha value is -0.840. The molecular weight excluding hydrogens is 505 g/mol. The number of nitrogens with one attached hydrogen (secondary N) is 2. The number of likely N-dealkylation sites (tertiary alicyclic amines) is 1. The van der Waals surface area contributed by atoms with Crippen LogP contribution in [0, 0.1) is 0 Å². The van der Waals surface area contributed by atoms with Crippen LogP contribution in [0.3, 0.4) is 0 Å². The summed E-state index contributed by atoms with van der Waals surface area (Å²) in [6.45, 7) is 12.5. The molecule has 0 radical (unpaired) electrons. The number of morpholine rings is 1. The van der Waals surface area contributed by atoms with Crippen LogP contribution >= 0.6 is 24.0 Å². The standard InChI is InChI=1S/C23H41N5O2.HI/c1-2-3-12-27-14-8-21(9-15-27)26-23(25-11-7-22-6-4-18-30-22)24-10-5-13-28-16-19-29-20-17-28;/h4,6,18,21H,2-3,5,7-17,19-20H2,1H3,(H2,24,25,26);1H. The Kier molecular flexibility index (Phi) is 13.5. The highest BCUT2D eigenvalue weighted by atomic mass is 127. The zero-order valence-electron chi connectivity index (χ0n) is 19.2. The SMILES string of the molecule is CCCCN1CCC(NC(=NCCCN2CCOCC2)NCCc2ccco2)CC1.I. The van der Waals surface area contributed by atoms with Crippen LogP contribution in [-0.4, -0.2) is 87.4 Å². The number of guanidine groups is 1. The molecule has 178 valence electrons. The van der Waals surface area contributed by atoms with Gasteiger partial charge in [-0.05, 0) is 44.4 Å². The van der Waals surface area contributed by atoms with Gasteiger partial charge in [-0.2, -0.15) is 0 Å². The van der Waals surface area contributed by atoms with Gasteiger partial charge in [0, 0.05) is 58.3 Å². The summed E-state index contributed by atoms with van der Waals surface area (Å²) in [5.74, 6) is 1.97. The molecule has 31 heavy (non-hydrogen) atoms. The van der Waals surface area contributed by atoms with Crippen molar-refractivity contribution in [3.63, 3.8) is 0 Å². The molecule has 2 aliphatic rings. The molecular formula is C23H42IN5O2. The van der Waals surface area contributed by atoms with Crippen molar-refractivity contribution in [1.82, 2.24) is 20.4 Å². The quantitative estimate of drug-likeness (QED) is 0.192. The summed E-state index contributed by atoms with van der Waals surface area (Å²) in [7, 11) is 0. The number of furan rings is 1. The molecule has 1 aromatic heterocycles. The van der Waals surface area contributed by atoms with E-state index in [1.165, 1.54) is 45.3 Å². The van der Waals surface area contributed by atoms with Gasteiger partial charge < -0.3 is 24.7 Å². The summed E-state index contributed by atoms with van der Waals surface area (Å²) in [6, 6.07) is 4.48. The lowest BCUT2D eigenvalue weighted by Gasteiger charge is -2.33. The predicted molar refractivity (Wildman–Crippen MR) is 138 cm³/mol. The van der Waals surface area contributed by atoms with E-state index >= 15 is 0 Å². The second kappa shape index (κ2) is 15.9. The van der Waals surface area contributed by atoms with Crippen molar-refractivity contribution < 1.29 is 9.15 Å². The lowest BCUT2D eigenvalue weighted by Crippen LogP contribution is -2.49. The summed E-state index contributed by atoms with van der Waals surface area (Å²) in [5.41, 5.74) is 0. The van der Waals surface area contributed by atoms with Gasteiger partial charge in [0.15, 0.2) is 5.96 Å². The second-order valence-corrected chi connectivity index (χ2v) is 8.41. The van der Waals surface area contributed by atoms with E-state index in [2.05, 4.69) is 27.4 Å². The first-order valence-electron chi connectivity index (χ1n) is 11.9. The molecule has 2 aliphatic heterocycles. The summed E-state index contributed by atoms with van der Waals surface area (Å²) in [6.07, 6.45) is 8.66. The molecule has 3 rings (SSSR count). The fraction of sp³-hybridized carbons (Fsp3) is 0.783. The predicted octanol–water partition coefficient (Wildman–Crippen LogP) is 2.96. The Morgan fingerprint density at radius 1 is 1.10 bits per heavy atom. The molecule has 7 nitrogen and oxygen atoms in total. The van der Waals surface area contributed by atoms with Gasteiger partial charge >= 0.3 is 0 Å². The molecule has 0 spiro atoms. The Bertz CT molecular complexity index is 585. The molecule has 1 aromatic rings. The van der Waals surface area contributed by atoms with Crippen molar-refractivity contribution in [2.24, 2.45) is 4.99 Å². The van der Waals surface area contributed by atoms with E-state index < -0.39 is 0 Å². The van der Waals surface area contributed by atoms with Gasteiger partial charge in [0.1, 0.15) is 5.76 Å². The van der Waals surface area contributed by atoms with Crippen molar-refractivity contribution in [3.05, 3.63) is 24.2 Å². The van der Waals surface area contributed by atoms with Crippen molar-refractivity contribution >= 4 is 29.9 Å². The third kappa shape index (κ3) is 10.5. The first kappa shape index (κ1) is 26.4. The minimum absolute atomic E-state index is 0. The molecule has 3 heterocycles. The van der Waals surface area contributed by atoms with E-state index in [0.29, 0.717) is 6.04 Å². The van der Waals surface area contributed by atoms with Gasteiger partial charge in [-0.25, -0.2) is 0 Å². The summed E-state index contributed by atoms with van der Waals surface area (Å²) in [4.78, 5) is 9.96. The fourth-order valence-corrected chi connectivity index (χ4v) is 4.10. The molecule has 0 atom stereocenters. The van der Waals surface area contributed by atoms with Gasteiger partial charge in [0.2, 0.25) is 0 Å². The Morgan fingerprint density at radius 2 is 1.84 bits per heavy atom. The molecule has 0 unspecified atom stereocenters. The Balaban J connectivity index is 0.00000341. The van der Waals surface area contributed by atoms with Crippen LogP contribution in [0.1, 0.15) is 44.8 Å². The molecule has 0 saturated carbocycles. The maximum atomic E-state index is 5.45. The highest BCUT2D eigenvalue weighted by molar-refractivity contribution is 14.0. The van der Waals surface area contributed by atoms with Crippen LogP contribution < -0.4 is 10.6 Å². The van der Waals surface area contributed by atoms with Crippen LogP contribution in [0.25, 0.3) is 0 Å². The van der Waals surface area contributed by atoms with Crippen molar-refractivity contribution in [1.29, 1.82) is 0 Å². The van der Waals surface area contributed by atoms with Crippen molar-refractivity contribution in [2.75, 3.05) is 65.6 Å². The fourth-order valence-electron chi connectivity index (χ4n) is 4.10. The van der Waals surface area contributed by atoms with Crippen LogP contribution in [0.4, 0.5) is 0 Å². The first-order valence-corrected chi connectivity index (χ1v) is 11.9. The number of halogens is 1. The first-order chi connectivity index (χ1) is 14.8. The van der Waals surface area contributed by atoms with E-state index in [9.17, 15) is 0 Å². The summed E-state index contributed by atoms with van der Waals surface area (Å²) in [5, 5.41) is 7.22. The molecule has 0 amide bonds. The van der Waals surface area contributed by atoms with Gasteiger partial charge in [-0.3, -0.25) is 9.89 Å². The smallest absolute Gasteiger partial charge is 0.191 e. The van der Waals surface area contributed by atoms with E-state index in [1.54, 1.807) is 6.26 Å². The molecule has 2 N–H and O–H groups in total. The second-order valence-electron chi connectivity index (χ2n) is 8.41. The number of aliphatic imine (C=N–C) groups is 1. The topological polar surface area (TPSA) is 65.3 Å². The molecule has 8 heteroatoms. The van der Waals surface area contributed by atoms with E-state index in [4.69, 9.17) is 14.1 Å². The Morgan fingerprint density at radius 3 is 2.55 bits per heavy atom. The van der Waals surface area contributed by atoms with Gasteiger partial charge in [0.25, 0.3) is 0 Å². The minimum atomic E-state index is 0. The highest BCUT2D eigenvalue weighted by Gasteiger charge is 2.19. The lowest BCUT2D eigenvalue weighted by molar-refractivity contribution is 0.0377. The maximum absolute atomic E-state index is 5.45. The molecule has 0 bridgehead atoms. The van der Waals surface area contributed by atoms with Gasteiger partial charge in [-0.1, -0.05) is 13.3 Å². The van der Waals surface area contributed by atoms with Crippen LogP contribution in [0.5, 0.6) is 0 Å². The van der Waals surface area contributed by atoms with Crippen LogP contribution in [0.2, 0.25) is 0 Å². The van der Waals surface area contributed by atoms with E-state index in [-0.39, 0.29) is 24.0 Å². The van der Waals surface area contributed by atoms with Crippen molar-refractivity contribution in [2.45, 2.75) is 51.5 Å². The zero-order valence-corrected chi connectivity index (χ0v) is 21.5. The lowest BCUT2D eigenvalue weighted by atomic mass is 10.0. The summed E-state index contributed by atoms with van der Waals surface area (Å²) < 4.78 is 10.9. The number of unbranched alkanes of at least 4 members (excludes halogenated alkanes) is 1. The number of nitrogens with zero attached hydrogens (tertiary/aromatic N) is 3. The average molecular weight is 548 g/mol. The largest absolute Gasteiger partial charge is 0.469 e. The normalized spacial score (nSPS) is 19.2. The average Bonchev–Trinajstić information content (AvgIpc) is 3.30. The van der Waals surface area contributed by atoms with Crippen LogP contribution in [-0.2, 0) is 11.2 Å². The van der Waals surface area contributed by atoms with E-state index in [1.807, 2.05) is 12.1 Å². The molecule has 0 aromatic carbocycles. The highest BCUT2D eigenvalue weighted by Crippen LogP contribution is 2.11. The third-order valence-corrected chi connectivity index (χ3v) is 6.01. The Labute approximate surface area is 205 Å². The number of rotatable bonds is 11. The van der Waals surface area contributed by atoms with Gasteiger partial charge in [-0.15, -0.1) is 24.0 Å². The summed E-state index contributed by atoms with van der Waals surface area (Å²) >= 11 is 0. The number of hydrogen-bond acceptors (Lipinski definition) is 5. The number of piperidine rings is 1. The maximum Gasteiger partial charge on any atom is 0.191 e. The molecule has 2 fully saturated rings. The monoisotopic (exact) mass is 547 g/mol. The number of ether oxygens (including phenoxy) is 1. The number of hydrogen-bond donors (Lipinski definition) is 2. The van der Waals surface area contributed by atoms with Gasteiger partial charge in [0.05, 0.1) is 19.5 Å². The third-order valence-electron chi connectivity index (χ3n) is 6.01. The van der Waals surface area contributed by atoms with E-state index in [0.717, 1.165) is 70.5 Å². The minimum Gasteiger partial charge on any atom is -0.469 e. The zero-order chi connectivity index (χ0) is 20.9. The molecule has 2 saturated heterocycles. The molecule has 0 aliphatic carbocycles. The van der Waals surface area contributed by atoms with Crippen LogP contribution in [0.15, 0.2) is 27.8 Å². The van der Waals surface area contributed by atoms with Crippen molar-refractivity contribution in [3.8, 4) is 0 Å².